The monoisotopic (exact) mass is 454 g/mol. The summed E-state index contributed by atoms with van der Waals surface area (Å²) in [7, 11) is 0. The number of aliphatic hydroxyl groups excluding tert-OH is 1. The van der Waals surface area contributed by atoms with E-state index in [-0.39, 0.29) is 12.7 Å². The highest BCUT2D eigenvalue weighted by molar-refractivity contribution is 7.99. The van der Waals surface area contributed by atoms with Crippen LogP contribution >= 0.6 is 23.4 Å². The Balaban J connectivity index is 1.50. The van der Waals surface area contributed by atoms with Crippen molar-refractivity contribution in [3.05, 3.63) is 76.9 Å². The van der Waals surface area contributed by atoms with Gasteiger partial charge in [0.05, 0.1) is 6.54 Å². The van der Waals surface area contributed by atoms with E-state index in [1.54, 1.807) is 30.1 Å². The van der Waals surface area contributed by atoms with Crippen molar-refractivity contribution >= 4 is 29.1 Å². The standard InChI is InChI=1S/C25H27ClN2O2S/c1-2-18-6-3-4-8-24(18)31-21-9-10-23(19(16-21)12-15-29)28-14-11-20(17-28)30-25-22(26)7-5-13-27-25/h3-10,13,16,20,29H,2,11-12,14-15,17H2,1H3/t20-/m0/s1. The lowest BCUT2D eigenvalue weighted by atomic mass is 10.1. The highest BCUT2D eigenvalue weighted by Gasteiger charge is 2.26. The molecule has 3 aromatic rings. The maximum absolute atomic E-state index is 9.65. The Hall–Kier alpha value is -2.21. The molecule has 0 bridgehead atoms. The molecule has 1 atom stereocenters. The fourth-order valence-corrected chi connectivity index (χ4v) is 5.18. The largest absolute Gasteiger partial charge is 0.471 e. The second kappa shape index (κ2) is 10.4. The Kier molecular flexibility index (Phi) is 7.38. The smallest absolute Gasteiger partial charge is 0.232 e. The minimum absolute atomic E-state index is 0.0415. The van der Waals surface area contributed by atoms with Gasteiger partial charge < -0.3 is 14.7 Å². The minimum Gasteiger partial charge on any atom is -0.471 e. The van der Waals surface area contributed by atoms with Crippen LogP contribution in [0.3, 0.4) is 0 Å². The molecular weight excluding hydrogens is 428 g/mol. The van der Waals surface area contributed by atoms with Crippen molar-refractivity contribution in [2.75, 3.05) is 24.6 Å². The first-order valence-electron chi connectivity index (χ1n) is 10.7. The number of anilines is 1. The second-order valence-corrected chi connectivity index (χ2v) is 9.11. The van der Waals surface area contributed by atoms with Crippen molar-refractivity contribution in [1.29, 1.82) is 0 Å². The van der Waals surface area contributed by atoms with Crippen LogP contribution in [0.2, 0.25) is 5.02 Å². The van der Waals surface area contributed by atoms with E-state index in [0.717, 1.165) is 31.5 Å². The van der Waals surface area contributed by atoms with Crippen molar-refractivity contribution < 1.29 is 9.84 Å². The molecule has 1 saturated heterocycles. The normalized spacial score (nSPS) is 16.0. The second-order valence-electron chi connectivity index (χ2n) is 7.59. The van der Waals surface area contributed by atoms with E-state index in [4.69, 9.17) is 16.3 Å². The molecule has 0 amide bonds. The van der Waals surface area contributed by atoms with Gasteiger partial charge in [0, 0.05) is 41.2 Å². The third kappa shape index (κ3) is 5.35. The van der Waals surface area contributed by atoms with E-state index < -0.39 is 0 Å². The number of halogens is 1. The maximum Gasteiger partial charge on any atom is 0.232 e. The number of hydrogen-bond acceptors (Lipinski definition) is 5. The molecule has 4 nitrogen and oxygen atoms in total. The summed E-state index contributed by atoms with van der Waals surface area (Å²) in [5.41, 5.74) is 3.69. The van der Waals surface area contributed by atoms with E-state index in [9.17, 15) is 5.11 Å². The Bertz CT molecular complexity index is 1030. The van der Waals surface area contributed by atoms with E-state index in [0.29, 0.717) is 17.3 Å². The first-order valence-corrected chi connectivity index (χ1v) is 11.9. The number of aryl methyl sites for hydroxylation is 1. The molecule has 1 fully saturated rings. The van der Waals surface area contributed by atoms with Crippen LogP contribution in [0.15, 0.2) is 70.6 Å². The number of pyridine rings is 1. The number of hydrogen-bond donors (Lipinski definition) is 1. The van der Waals surface area contributed by atoms with E-state index >= 15 is 0 Å². The summed E-state index contributed by atoms with van der Waals surface area (Å²) in [4.78, 5) is 9.06. The van der Waals surface area contributed by atoms with Gasteiger partial charge in [0.1, 0.15) is 11.1 Å². The third-order valence-electron chi connectivity index (χ3n) is 5.50. The first-order chi connectivity index (χ1) is 15.2. The SMILES string of the molecule is CCc1ccccc1Sc1ccc(N2CC[C@H](Oc3ncccc3Cl)C2)c(CCO)c1. The molecule has 162 valence electrons. The van der Waals surface area contributed by atoms with Gasteiger partial charge in [-0.1, -0.05) is 48.5 Å². The van der Waals surface area contributed by atoms with Gasteiger partial charge in [-0.15, -0.1) is 0 Å². The van der Waals surface area contributed by atoms with Gasteiger partial charge in [-0.2, -0.15) is 0 Å². The summed E-state index contributed by atoms with van der Waals surface area (Å²) in [6.07, 6.45) is 4.29. The molecule has 1 aliphatic heterocycles. The van der Waals surface area contributed by atoms with Crippen LogP contribution < -0.4 is 9.64 Å². The summed E-state index contributed by atoms with van der Waals surface area (Å²) in [5, 5.41) is 10.2. The Morgan fingerprint density at radius 2 is 2.03 bits per heavy atom. The molecule has 2 heterocycles. The number of aromatic nitrogens is 1. The van der Waals surface area contributed by atoms with Gasteiger partial charge in [-0.3, -0.25) is 0 Å². The predicted molar refractivity (Wildman–Crippen MR) is 128 cm³/mol. The molecular formula is C25H27ClN2O2S. The lowest BCUT2D eigenvalue weighted by molar-refractivity contribution is 0.216. The molecule has 1 N–H and O–H groups in total. The molecule has 4 rings (SSSR count). The predicted octanol–water partition coefficient (Wildman–Crippen LogP) is 5.64. The number of aliphatic hydroxyl groups is 1. The minimum atomic E-state index is 0.0415. The Morgan fingerprint density at radius 3 is 2.84 bits per heavy atom. The molecule has 0 aliphatic carbocycles. The zero-order chi connectivity index (χ0) is 21.6. The van der Waals surface area contributed by atoms with Crippen LogP contribution in [-0.4, -0.2) is 35.9 Å². The van der Waals surface area contributed by atoms with E-state index in [2.05, 4.69) is 59.3 Å². The highest BCUT2D eigenvalue weighted by Crippen LogP contribution is 2.35. The maximum atomic E-state index is 9.65. The van der Waals surface area contributed by atoms with Gasteiger partial charge in [0.15, 0.2) is 0 Å². The fourth-order valence-electron chi connectivity index (χ4n) is 3.94. The average Bonchev–Trinajstić information content (AvgIpc) is 3.24. The molecule has 31 heavy (non-hydrogen) atoms. The van der Waals surface area contributed by atoms with Crippen LogP contribution in [0, 0.1) is 0 Å². The van der Waals surface area contributed by atoms with Crippen molar-refractivity contribution in [3.63, 3.8) is 0 Å². The number of ether oxygens (including phenoxy) is 1. The molecule has 1 aliphatic rings. The Labute approximate surface area is 193 Å². The molecule has 6 heteroatoms. The third-order valence-corrected chi connectivity index (χ3v) is 6.90. The van der Waals surface area contributed by atoms with Gasteiger partial charge in [-0.05, 0) is 60.4 Å². The first kappa shape index (κ1) is 22.0. The van der Waals surface area contributed by atoms with Crippen LogP contribution in [-0.2, 0) is 12.8 Å². The topological polar surface area (TPSA) is 45.6 Å². The lowest BCUT2D eigenvalue weighted by Gasteiger charge is -2.23. The number of benzene rings is 2. The van der Waals surface area contributed by atoms with E-state index in [1.807, 2.05) is 0 Å². The quantitative estimate of drug-likeness (QED) is 0.477. The molecule has 2 aromatic carbocycles. The van der Waals surface area contributed by atoms with Crippen LogP contribution in [0.4, 0.5) is 5.69 Å². The summed E-state index contributed by atoms with van der Waals surface area (Å²) in [5.74, 6) is 0.493. The lowest BCUT2D eigenvalue weighted by Crippen LogP contribution is -2.25. The van der Waals surface area contributed by atoms with Crippen LogP contribution in [0.1, 0.15) is 24.5 Å². The van der Waals surface area contributed by atoms with Gasteiger partial charge in [-0.25, -0.2) is 4.98 Å². The average molecular weight is 455 g/mol. The van der Waals surface area contributed by atoms with Crippen LogP contribution in [0.25, 0.3) is 0 Å². The van der Waals surface area contributed by atoms with Gasteiger partial charge in [0.25, 0.3) is 0 Å². The van der Waals surface area contributed by atoms with Crippen molar-refractivity contribution in [3.8, 4) is 5.88 Å². The summed E-state index contributed by atoms with van der Waals surface area (Å²) in [6.45, 7) is 3.99. The zero-order valence-corrected chi connectivity index (χ0v) is 19.2. The molecule has 0 saturated carbocycles. The zero-order valence-electron chi connectivity index (χ0n) is 17.6. The molecule has 0 spiro atoms. The van der Waals surface area contributed by atoms with Crippen molar-refractivity contribution in [2.45, 2.75) is 42.1 Å². The van der Waals surface area contributed by atoms with Crippen molar-refractivity contribution in [2.24, 2.45) is 0 Å². The fraction of sp³-hybridized carbons (Fsp3) is 0.320. The summed E-state index contributed by atoms with van der Waals surface area (Å²) >= 11 is 7.98. The summed E-state index contributed by atoms with van der Waals surface area (Å²) in [6, 6.07) is 18.7. The Morgan fingerprint density at radius 1 is 1.16 bits per heavy atom. The van der Waals surface area contributed by atoms with Gasteiger partial charge in [0.2, 0.25) is 5.88 Å². The molecule has 1 aromatic heterocycles. The summed E-state index contributed by atoms with van der Waals surface area (Å²) < 4.78 is 6.05. The number of nitrogens with zero attached hydrogens (tertiary/aromatic N) is 2. The molecule has 0 radical (unpaired) electrons. The van der Waals surface area contributed by atoms with Crippen LogP contribution in [0.5, 0.6) is 5.88 Å². The molecule has 0 unspecified atom stereocenters. The highest BCUT2D eigenvalue weighted by atomic mass is 35.5. The van der Waals surface area contributed by atoms with Crippen molar-refractivity contribution in [1.82, 2.24) is 4.98 Å². The number of rotatable bonds is 8. The van der Waals surface area contributed by atoms with Gasteiger partial charge >= 0.3 is 0 Å². The van der Waals surface area contributed by atoms with E-state index in [1.165, 1.54) is 21.0 Å².